The van der Waals surface area contributed by atoms with Crippen LogP contribution in [0.25, 0.3) is 0 Å². The molecule has 0 radical (unpaired) electrons. The molecule has 1 aliphatic rings. The highest BCUT2D eigenvalue weighted by molar-refractivity contribution is 6.35. The number of rotatable bonds is 5. The third-order valence-corrected chi connectivity index (χ3v) is 7.15. The molecule has 0 bridgehead atoms. The maximum atomic E-state index is 14.9. The fourth-order valence-corrected chi connectivity index (χ4v) is 5.04. The number of hydrogen-bond acceptors (Lipinski definition) is 2. The molecular weight excluding hydrogens is 543 g/mol. The molecule has 0 saturated carbocycles. The average Bonchev–Trinajstić information content (AvgIpc) is 3.15. The van der Waals surface area contributed by atoms with Crippen molar-refractivity contribution in [3.8, 4) is 0 Å². The molecule has 1 fully saturated rings. The van der Waals surface area contributed by atoms with Gasteiger partial charge in [0.1, 0.15) is 16.3 Å². The van der Waals surface area contributed by atoms with E-state index in [-0.39, 0.29) is 17.7 Å². The highest BCUT2D eigenvalue weighted by Crippen LogP contribution is 2.54. The van der Waals surface area contributed by atoms with Crippen molar-refractivity contribution in [3.63, 3.8) is 0 Å². The van der Waals surface area contributed by atoms with E-state index in [1.165, 1.54) is 13.0 Å². The highest BCUT2D eigenvalue weighted by atomic mass is 35.5. The quantitative estimate of drug-likeness (QED) is 0.234. The van der Waals surface area contributed by atoms with Gasteiger partial charge in [-0.2, -0.15) is 26.3 Å². The Kier molecular flexibility index (Phi) is 7.77. The van der Waals surface area contributed by atoms with Gasteiger partial charge in [0.05, 0.1) is 10.6 Å². The molecule has 198 valence electrons. The minimum Gasteiger partial charge on any atom is -0.368 e. The number of carbonyl (C=O) groups excluding carboxylic acids is 1. The standard InChI is InChI=1S/C23H20Cl2F8N2O/c1-3-17(36)34-10-12-4-5-13(8-14(12)22(28,29)30)35-7-6-21(11(35)2,23(31,32)33)15-9-16(24)20(27)18(25)19(15)26/h4-5,8-9,11H,3,6-7,10H2,1-2H3,(H,34,36). The number of benzene rings is 2. The van der Waals surface area contributed by atoms with Crippen LogP contribution in [0.4, 0.5) is 40.8 Å². The lowest BCUT2D eigenvalue weighted by Crippen LogP contribution is -2.51. The molecule has 1 saturated heterocycles. The monoisotopic (exact) mass is 562 g/mol. The summed E-state index contributed by atoms with van der Waals surface area (Å²) in [5.41, 5.74) is -5.52. The first kappa shape index (κ1) is 28.3. The summed E-state index contributed by atoms with van der Waals surface area (Å²) in [6, 6.07) is 1.87. The van der Waals surface area contributed by atoms with Crippen molar-refractivity contribution < 1.29 is 39.9 Å². The lowest BCUT2D eigenvalue weighted by atomic mass is 9.73. The van der Waals surface area contributed by atoms with Gasteiger partial charge in [-0.15, -0.1) is 0 Å². The summed E-state index contributed by atoms with van der Waals surface area (Å²) in [7, 11) is 0. The van der Waals surface area contributed by atoms with E-state index in [0.29, 0.717) is 12.1 Å². The van der Waals surface area contributed by atoms with Gasteiger partial charge < -0.3 is 10.2 Å². The predicted molar refractivity (Wildman–Crippen MR) is 119 cm³/mol. The number of alkyl halides is 6. The second kappa shape index (κ2) is 9.89. The van der Waals surface area contributed by atoms with Crippen molar-refractivity contribution in [2.24, 2.45) is 0 Å². The SMILES string of the molecule is CCC(=O)NCc1ccc(N2CCC(c3cc(Cl)c(F)c(Cl)c3F)(C(F)(F)F)C2C)cc1C(F)(F)F. The van der Waals surface area contributed by atoms with Gasteiger partial charge in [-0.1, -0.05) is 36.2 Å². The van der Waals surface area contributed by atoms with Crippen LogP contribution in [0.3, 0.4) is 0 Å². The van der Waals surface area contributed by atoms with E-state index in [9.17, 15) is 39.9 Å². The summed E-state index contributed by atoms with van der Waals surface area (Å²) >= 11 is 11.2. The molecule has 1 N–H and O–H groups in total. The van der Waals surface area contributed by atoms with Gasteiger partial charge in [0.15, 0.2) is 5.82 Å². The molecule has 36 heavy (non-hydrogen) atoms. The molecule has 0 aromatic heterocycles. The Morgan fingerprint density at radius 3 is 2.31 bits per heavy atom. The number of nitrogens with one attached hydrogen (secondary N) is 1. The summed E-state index contributed by atoms with van der Waals surface area (Å²) in [5.74, 6) is -3.53. The Morgan fingerprint density at radius 1 is 1.11 bits per heavy atom. The molecule has 1 amide bonds. The number of carbonyl (C=O) groups is 1. The van der Waals surface area contributed by atoms with Gasteiger partial charge >= 0.3 is 12.4 Å². The fraction of sp³-hybridized carbons (Fsp3) is 0.435. The maximum Gasteiger partial charge on any atom is 0.416 e. The van der Waals surface area contributed by atoms with Crippen molar-refractivity contribution in [1.82, 2.24) is 5.32 Å². The minimum absolute atomic E-state index is 0.0538. The fourth-order valence-electron chi connectivity index (χ4n) is 4.59. The van der Waals surface area contributed by atoms with E-state index in [0.717, 1.165) is 17.9 Å². The van der Waals surface area contributed by atoms with Gasteiger partial charge in [-0.3, -0.25) is 4.79 Å². The largest absolute Gasteiger partial charge is 0.416 e. The first-order chi connectivity index (χ1) is 16.6. The Morgan fingerprint density at radius 2 is 1.75 bits per heavy atom. The van der Waals surface area contributed by atoms with Crippen LogP contribution in [0, 0.1) is 11.6 Å². The lowest BCUT2D eigenvalue weighted by molar-refractivity contribution is -0.192. The zero-order valence-corrected chi connectivity index (χ0v) is 20.4. The van der Waals surface area contributed by atoms with Crippen molar-refractivity contribution in [1.29, 1.82) is 0 Å². The van der Waals surface area contributed by atoms with Crippen LogP contribution >= 0.6 is 23.2 Å². The molecule has 0 aliphatic carbocycles. The zero-order valence-electron chi connectivity index (χ0n) is 18.9. The van der Waals surface area contributed by atoms with Crippen LogP contribution in [0.15, 0.2) is 24.3 Å². The summed E-state index contributed by atoms with van der Waals surface area (Å²) in [6.45, 7) is 1.79. The number of hydrogen-bond donors (Lipinski definition) is 1. The first-order valence-corrected chi connectivity index (χ1v) is 11.5. The second-order valence-corrected chi connectivity index (χ2v) is 9.19. The Labute approximate surface area is 211 Å². The number of nitrogens with zero attached hydrogens (tertiary/aromatic N) is 1. The van der Waals surface area contributed by atoms with E-state index >= 15 is 0 Å². The molecule has 2 unspecified atom stereocenters. The molecule has 1 aliphatic heterocycles. The van der Waals surface area contributed by atoms with E-state index < -0.39 is 82.0 Å². The number of anilines is 1. The zero-order chi connectivity index (χ0) is 27.2. The molecule has 3 rings (SSSR count). The minimum atomic E-state index is -5.09. The van der Waals surface area contributed by atoms with E-state index in [1.807, 2.05) is 0 Å². The third kappa shape index (κ3) is 4.83. The summed E-state index contributed by atoms with van der Waals surface area (Å²) in [6.07, 6.45) is -10.7. The van der Waals surface area contributed by atoms with Crippen LogP contribution in [0.2, 0.25) is 10.0 Å². The number of amides is 1. The van der Waals surface area contributed by atoms with Crippen molar-refractivity contribution >= 4 is 34.8 Å². The first-order valence-electron chi connectivity index (χ1n) is 10.7. The van der Waals surface area contributed by atoms with Crippen LogP contribution in [0.5, 0.6) is 0 Å². The summed E-state index contributed by atoms with van der Waals surface area (Å²) in [4.78, 5) is 12.6. The lowest BCUT2D eigenvalue weighted by Gasteiger charge is -2.39. The molecule has 1 heterocycles. The van der Waals surface area contributed by atoms with Crippen molar-refractivity contribution in [2.45, 2.75) is 57.0 Å². The molecule has 2 aromatic rings. The van der Waals surface area contributed by atoms with Crippen LogP contribution in [0.1, 0.15) is 43.4 Å². The van der Waals surface area contributed by atoms with Gasteiger partial charge in [0.25, 0.3) is 0 Å². The third-order valence-electron chi connectivity index (χ3n) is 6.54. The molecule has 2 atom stereocenters. The number of halogens is 10. The Bertz CT molecular complexity index is 1170. The van der Waals surface area contributed by atoms with E-state index in [2.05, 4.69) is 5.32 Å². The molecular formula is C23H20Cl2F8N2O. The van der Waals surface area contributed by atoms with Crippen LogP contribution < -0.4 is 10.2 Å². The van der Waals surface area contributed by atoms with E-state index in [1.54, 1.807) is 0 Å². The van der Waals surface area contributed by atoms with E-state index in [4.69, 9.17) is 23.2 Å². The van der Waals surface area contributed by atoms with Gasteiger partial charge in [-0.25, -0.2) is 8.78 Å². The van der Waals surface area contributed by atoms with Gasteiger partial charge in [0, 0.05) is 36.8 Å². The molecule has 2 aromatic carbocycles. The van der Waals surface area contributed by atoms with Gasteiger partial charge in [0.2, 0.25) is 5.91 Å². The highest BCUT2D eigenvalue weighted by Gasteiger charge is 2.64. The maximum absolute atomic E-state index is 14.9. The molecule has 3 nitrogen and oxygen atoms in total. The Balaban J connectivity index is 2.11. The Hall–Kier alpha value is -2.27. The average molecular weight is 563 g/mol. The molecule has 13 heteroatoms. The predicted octanol–water partition coefficient (Wildman–Crippen LogP) is 7.42. The smallest absolute Gasteiger partial charge is 0.368 e. The van der Waals surface area contributed by atoms with Crippen LogP contribution in [-0.2, 0) is 22.9 Å². The van der Waals surface area contributed by atoms with Gasteiger partial charge in [-0.05, 0) is 37.1 Å². The summed E-state index contributed by atoms with van der Waals surface area (Å²) in [5, 5.41) is 0.316. The van der Waals surface area contributed by atoms with Crippen molar-refractivity contribution in [3.05, 3.63) is 62.6 Å². The van der Waals surface area contributed by atoms with Crippen LogP contribution in [-0.4, -0.2) is 24.7 Å². The second-order valence-electron chi connectivity index (χ2n) is 8.41. The molecule has 0 spiro atoms. The summed E-state index contributed by atoms with van der Waals surface area (Å²) < 4.78 is 114. The normalized spacial score (nSPS) is 20.7. The van der Waals surface area contributed by atoms with Crippen molar-refractivity contribution in [2.75, 3.05) is 11.4 Å². The topological polar surface area (TPSA) is 32.3 Å².